The SMILES string of the molecule is CCOC(=O)c1cc2c(nc(CC3CCN(c4cccc5c4O[C@](C)(c4ccn(C)n4)O5)CC3)n2C[C@@H]2CCO2)s1. The van der Waals surface area contributed by atoms with Gasteiger partial charge in [-0.15, -0.1) is 11.3 Å². The molecule has 3 aliphatic rings. The fourth-order valence-electron chi connectivity index (χ4n) is 6.02. The number of thiophene rings is 1. The van der Waals surface area contributed by atoms with Gasteiger partial charge < -0.3 is 28.4 Å². The molecule has 0 radical (unpaired) electrons. The Bertz CT molecular complexity index is 1580. The van der Waals surface area contributed by atoms with Crippen molar-refractivity contribution in [2.45, 2.75) is 58.0 Å². The van der Waals surface area contributed by atoms with E-state index in [-0.39, 0.29) is 12.1 Å². The second-order valence-corrected chi connectivity index (χ2v) is 12.2. The van der Waals surface area contributed by atoms with Crippen molar-refractivity contribution >= 4 is 33.3 Å². The van der Waals surface area contributed by atoms with E-state index < -0.39 is 5.79 Å². The van der Waals surface area contributed by atoms with Crippen LogP contribution in [0.1, 0.15) is 54.3 Å². The summed E-state index contributed by atoms with van der Waals surface area (Å²) in [5.41, 5.74) is 2.82. The zero-order chi connectivity index (χ0) is 28.1. The van der Waals surface area contributed by atoms with Gasteiger partial charge in [-0.3, -0.25) is 4.68 Å². The molecular formula is C30H35N5O5S. The van der Waals surface area contributed by atoms with Crippen molar-refractivity contribution in [3.8, 4) is 11.5 Å². The molecular weight excluding hydrogens is 542 g/mol. The predicted molar refractivity (Wildman–Crippen MR) is 155 cm³/mol. The number of para-hydroxylation sites is 1. The van der Waals surface area contributed by atoms with Crippen LogP contribution < -0.4 is 14.4 Å². The first-order valence-corrected chi connectivity index (χ1v) is 15.3. The first-order valence-electron chi connectivity index (χ1n) is 14.4. The maximum atomic E-state index is 12.3. The van der Waals surface area contributed by atoms with E-state index in [4.69, 9.17) is 23.9 Å². The summed E-state index contributed by atoms with van der Waals surface area (Å²) in [5.74, 6) is 1.91. The van der Waals surface area contributed by atoms with Gasteiger partial charge in [0.05, 0.1) is 30.5 Å². The molecule has 2 saturated heterocycles. The van der Waals surface area contributed by atoms with Gasteiger partial charge in [0.15, 0.2) is 11.5 Å². The summed E-state index contributed by atoms with van der Waals surface area (Å²) in [4.78, 5) is 21.3. The Labute approximate surface area is 242 Å². The smallest absolute Gasteiger partial charge is 0.348 e. The highest BCUT2D eigenvalue weighted by molar-refractivity contribution is 7.20. The Balaban J connectivity index is 1.06. The van der Waals surface area contributed by atoms with Crippen molar-refractivity contribution in [1.82, 2.24) is 19.3 Å². The van der Waals surface area contributed by atoms with Gasteiger partial charge in [-0.2, -0.15) is 5.10 Å². The van der Waals surface area contributed by atoms with E-state index in [0.29, 0.717) is 17.4 Å². The standard InChI is InChI=1S/C30H35N5O5S/c1-4-37-29(36)24-17-22-28(41-24)31-26(35(22)18-20-11-15-38-20)16-19-8-13-34(14-9-19)21-6-5-7-23-27(21)40-30(2,39-23)25-10-12-33(3)32-25/h5-7,10,12,17,19-20H,4,8-9,11,13-16,18H2,1-3H3/t20-,30+/m0/s1. The lowest BCUT2D eigenvalue weighted by Gasteiger charge is -2.34. The lowest BCUT2D eigenvalue weighted by Crippen LogP contribution is -2.36. The normalized spacial score (nSPS) is 22.3. The average Bonchev–Trinajstić information content (AvgIpc) is 3.70. The number of carbonyl (C=O) groups is 1. The fourth-order valence-corrected chi connectivity index (χ4v) is 6.96. The van der Waals surface area contributed by atoms with Crippen LogP contribution in [0.5, 0.6) is 11.5 Å². The minimum absolute atomic E-state index is 0.207. The van der Waals surface area contributed by atoms with Crippen LogP contribution in [0, 0.1) is 5.92 Å². The molecule has 11 heteroatoms. The number of hydrogen-bond acceptors (Lipinski definition) is 9. The summed E-state index contributed by atoms with van der Waals surface area (Å²) >= 11 is 1.42. The maximum Gasteiger partial charge on any atom is 0.348 e. The molecule has 0 saturated carbocycles. The minimum Gasteiger partial charge on any atom is -0.462 e. The van der Waals surface area contributed by atoms with Gasteiger partial charge in [-0.25, -0.2) is 9.78 Å². The van der Waals surface area contributed by atoms with Gasteiger partial charge in [0.25, 0.3) is 5.79 Å². The number of aryl methyl sites for hydroxylation is 1. The van der Waals surface area contributed by atoms with E-state index in [1.807, 2.05) is 51.4 Å². The molecule has 0 aliphatic carbocycles. The van der Waals surface area contributed by atoms with Crippen LogP contribution in [0.25, 0.3) is 10.3 Å². The third-order valence-corrected chi connectivity index (χ3v) is 9.35. The first kappa shape index (κ1) is 26.3. The molecule has 0 spiro atoms. The summed E-state index contributed by atoms with van der Waals surface area (Å²) in [6.45, 7) is 7.55. The number of fused-ring (bicyclic) bond motifs is 2. The Kier molecular flexibility index (Phi) is 6.66. The molecule has 6 heterocycles. The first-order chi connectivity index (χ1) is 19.9. The summed E-state index contributed by atoms with van der Waals surface area (Å²) in [6.07, 6.45) is 6.17. The monoisotopic (exact) mass is 577 g/mol. The van der Waals surface area contributed by atoms with Crippen LogP contribution in [0.2, 0.25) is 0 Å². The van der Waals surface area contributed by atoms with E-state index >= 15 is 0 Å². The molecule has 3 aromatic heterocycles. The van der Waals surface area contributed by atoms with Gasteiger partial charge >= 0.3 is 5.97 Å². The van der Waals surface area contributed by atoms with Crippen molar-refractivity contribution in [2.75, 3.05) is 31.2 Å². The van der Waals surface area contributed by atoms with Crippen LogP contribution in [0.4, 0.5) is 5.69 Å². The van der Waals surface area contributed by atoms with Crippen LogP contribution in [0.15, 0.2) is 36.5 Å². The third kappa shape index (κ3) is 4.84. The van der Waals surface area contributed by atoms with Crippen molar-refractivity contribution < 1.29 is 23.7 Å². The topological polar surface area (TPSA) is 92.9 Å². The fraction of sp³-hybridized carbons (Fsp3) is 0.500. The molecule has 4 aromatic rings. The van der Waals surface area contributed by atoms with Crippen LogP contribution >= 0.6 is 11.3 Å². The van der Waals surface area contributed by atoms with Gasteiger partial charge in [0.1, 0.15) is 21.2 Å². The molecule has 2 fully saturated rings. The molecule has 0 amide bonds. The van der Waals surface area contributed by atoms with Gasteiger partial charge in [-0.05, 0) is 56.4 Å². The molecule has 10 nitrogen and oxygen atoms in total. The molecule has 7 rings (SSSR count). The number of nitrogens with zero attached hydrogens (tertiary/aromatic N) is 5. The Morgan fingerprint density at radius 3 is 2.73 bits per heavy atom. The van der Waals surface area contributed by atoms with Crippen molar-refractivity contribution in [1.29, 1.82) is 0 Å². The quantitative estimate of drug-likeness (QED) is 0.273. The third-order valence-electron chi connectivity index (χ3n) is 8.35. The van der Waals surface area contributed by atoms with E-state index in [1.54, 1.807) is 4.68 Å². The maximum absolute atomic E-state index is 12.3. The number of aromatic nitrogens is 4. The van der Waals surface area contributed by atoms with E-state index in [0.717, 1.165) is 91.0 Å². The Hall–Kier alpha value is -3.57. The highest BCUT2D eigenvalue weighted by Gasteiger charge is 2.43. The molecule has 1 aromatic carbocycles. The summed E-state index contributed by atoms with van der Waals surface area (Å²) < 4.78 is 27.7. The zero-order valence-electron chi connectivity index (χ0n) is 23.7. The zero-order valence-corrected chi connectivity index (χ0v) is 24.5. The Morgan fingerprint density at radius 1 is 1.20 bits per heavy atom. The van der Waals surface area contributed by atoms with Crippen molar-refractivity contribution in [3.05, 3.63) is 52.9 Å². The summed E-state index contributed by atoms with van der Waals surface area (Å²) in [7, 11) is 1.89. The number of piperidine rings is 1. The highest BCUT2D eigenvalue weighted by atomic mass is 32.1. The van der Waals surface area contributed by atoms with Crippen molar-refractivity contribution in [3.63, 3.8) is 0 Å². The number of benzene rings is 1. The van der Waals surface area contributed by atoms with Gasteiger partial charge in [0, 0.05) is 46.3 Å². The molecule has 3 aliphatic heterocycles. The van der Waals surface area contributed by atoms with Gasteiger partial charge in [-0.1, -0.05) is 6.07 Å². The molecule has 216 valence electrons. The number of ether oxygens (including phenoxy) is 4. The lowest BCUT2D eigenvalue weighted by atomic mass is 9.92. The van der Waals surface area contributed by atoms with E-state index in [2.05, 4.69) is 20.6 Å². The number of hydrogen-bond donors (Lipinski definition) is 0. The predicted octanol–water partition coefficient (Wildman–Crippen LogP) is 4.90. The molecule has 2 atom stereocenters. The lowest BCUT2D eigenvalue weighted by molar-refractivity contribution is -0.0719. The Morgan fingerprint density at radius 2 is 2.02 bits per heavy atom. The van der Waals surface area contributed by atoms with E-state index in [9.17, 15) is 4.79 Å². The van der Waals surface area contributed by atoms with E-state index in [1.165, 1.54) is 11.3 Å². The highest BCUT2D eigenvalue weighted by Crippen LogP contribution is 2.49. The minimum atomic E-state index is -0.945. The van der Waals surface area contributed by atoms with Crippen LogP contribution in [-0.4, -0.2) is 57.7 Å². The number of anilines is 1. The van der Waals surface area contributed by atoms with Crippen LogP contribution in [0.3, 0.4) is 0 Å². The second kappa shape index (κ2) is 10.4. The average molecular weight is 578 g/mol. The van der Waals surface area contributed by atoms with Crippen LogP contribution in [-0.2, 0) is 35.3 Å². The number of carbonyl (C=O) groups excluding carboxylic acids is 1. The number of esters is 1. The second-order valence-electron chi connectivity index (χ2n) is 11.2. The summed E-state index contributed by atoms with van der Waals surface area (Å²) in [5, 5.41) is 4.52. The molecule has 0 unspecified atom stereocenters. The molecule has 0 bridgehead atoms. The number of imidazole rings is 1. The summed E-state index contributed by atoms with van der Waals surface area (Å²) in [6, 6.07) is 9.98. The van der Waals surface area contributed by atoms with Gasteiger partial charge in [0.2, 0.25) is 0 Å². The number of rotatable bonds is 8. The molecule has 41 heavy (non-hydrogen) atoms. The molecule has 0 N–H and O–H groups in total. The van der Waals surface area contributed by atoms with Crippen molar-refractivity contribution in [2.24, 2.45) is 13.0 Å². The largest absolute Gasteiger partial charge is 0.462 e.